The summed E-state index contributed by atoms with van der Waals surface area (Å²) in [7, 11) is 0. The molecule has 0 aromatic carbocycles. The maximum atomic E-state index is 4.52. The second-order valence-corrected chi connectivity index (χ2v) is 4.05. The maximum Gasteiger partial charge on any atom is 0.132 e. The molecule has 0 atom stereocenters. The number of nitrogens with one attached hydrogen (secondary N) is 1. The minimum Gasteiger partial charge on any atom is -0.356 e. The summed E-state index contributed by atoms with van der Waals surface area (Å²) in [4.78, 5) is 11.2. The van der Waals surface area contributed by atoms with E-state index in [4.69, 9.17) is 0 Å². The van der Waals surface area contributed by atoms with Crippen LogP contribution in [0.15, 0.2) is 6.07 Å². The topological polar surface area (TPSA) is 41.0 Å². The summed E-state index contributed by atoms with van der Waals surface area (Å²) in [6.07, 6.45) is 0.959. The molecule has 0 fully saturated rings. The number of hydrogen-bond acceptors (Lipinski definition) is 4. The smallest absolute Gasteiger partial charge is 0.132 e. The predicted octanol–water partition coefficient (Wildman–Crippen LogP) is 1.78. The fraction of sp³-hybridized carbons (Fsp3) is 0.692. The van der Waals surface area contributed by atoms with E-state index in [0.717, 1.165) is 49.9 Å². The van der Waals surface area contributed by atoms with Crippen molar-refractivity contribution < 1.29 is 0 Å². The molecule has 0 aliphatic carbocycles. The lowest BCUT2D eigenvalue weighted by molar-refractivity contribution is 0.681. The monoisotopic (exact) mass is 236 g/mol. The van der Waals surface area contributed by atoms with Gasteiger partial charge in [0.1, 0.15) is 11.6 Å². The molecule has 1 N–H and O–H groups in total. The van der Waals surface area contributed by atoms with Crippen LogP contribution in [-0.4, -0.2) is 36.1 Å². The zero-order valence-corrected chi connectivity index (χ0v) is 11.5. The average Bonchev–Trinajstić information content (AvgIpc) is 2.34. The molecule has 0 aliphatic heterocycles. The van der Waals surface area contributed by atoms with E-state index in [2.05, 4.69) is 47.0 Å². The molecule has 4 nitrogen and oxygen atoms in total. The van der Waals surface area contributed by atoms with Gasteiger partial charge in [0, 0.05) is 31.4 Å². The molecule has 0 radical (unpaired) electrons. The second kappa shape index (κ2) is 7.22. The Bertz CT molecular complexity index is 338. The van der Waals surface area contributed by atoms with E-state index in [-0.39, 0.29) is 0 Å². The van der Waals surface area contributed by atoms with Gasteiger partial charge in [-0.3, -0.25) is 0 Å². The highest BCUT2D eigenvalue weighted by Gasteiger charge is 2.07. The Hall–Kier alpha value is -1.16. The van der Waals surface area contributed by atoms with Gasteiger partial charge in [-0.05, 0) is 26.8 Å². The van der Waals surface area contributed by atoms with E-state index in [9.17, 15) is 0 Å². The Kier molecular flexibility index (Phi) is 5.91. The van der Waals surface area contributed by atoms with E-state index in [1.54, 1.807) is 0 Å². The van der Waals surface area contributed by atoms with Crippen LogP contribution in [0.1, 0.15) is 32.3 Å². The number of likely N-dealkylation sites (N-methyl/N-ethyl adjacent to an activating group) is 2. The molecule has 1 heterocycles. The van der Waals surface area contributed by atoms with Gasteiger partial charge in [-0.2, -0.15) is 0 Å². The molecule has 0 saturated heterocycles. The van der Waals surface area contributed by atoms with Crippen molar-refractivity contribution in [1.29, 1.82) is 0 Å². The highest BCUT2D eigenvalue weighted by molar-refractivity contribution is 5.39. The van der Waals surface area contributed by atoms with Crippen molar-refractivity contribution in [2.24, 2.45) is 0 Å². The van der Waals surface area contributed by atoms with Gasteiger partial charge < -0.3 is 10.2 Å². The van der Waals surface area contributed by atoms with Gasteiger partial charge in [-0.1, -0.05) is 13.8 Å². The van der Waals surface area contributed by atoms with E-state index in [1.807, 2.05) is 6.92 Å². The molecular formula is C13H24N4. The van der Waals surface area contributed by atoms with Crippen LogP contribution in [0.4, 0.5) is 5.82 Å². The van der Waals surface area contributed by atoms with E-state index in [1.165, 1.54) is 0 Å². The lowest BCUT2D eigenvalue weighted by atomic mass is 10.3. The normalized spacial score (nSPS) is 10.6. The molecule has 1 aromatic rings. The Morgan fingerprint density at radius 3 is 2.59 bits per heavy atom. The third-order valence-electron chi connectivity index (χ3n) is 2.75. The Labute approximate surface area is 104 Å². The summed E-state index contributed by atoms with van der Waals surface area (Å²) >= 11 is 0. The van der Waals surface area contributed by atoms with Gasteiger partial charge in [0.15, 0.2) is 0 Å². The molecule has 0 amide bonds. The first-order valence-corrected chi connectivity index (χ1v) is 6.51. The maximum absolute atomic E-state index is 4.52. The zero-order valence-electron chi connectivity index (χ0n) is 11.5. The van der Waals surface area contributed by atoms with E-state index < -0.39 is 0 Å². The molecule has 96 valence electrons. The van der Waals surface area contributed by atoms with Crippen molar-refractivity contribution in [2.75, 3.05) is 31.1 Å². The van der Waals surface area contributed by atoms with Gasteiger partial charge in [-0.25, -0.2) is 9.97 Å². The minimum absolute atomic E-state index is 0.862. The Balaban J connectivity index is 2.76. The predicted molar refractivity (Wildman–Crippen MR) is 72.6 cm³/mol. The summed E-state index contributed by atoms with van der Waals surface area (Å²) in [5.74, 6) is 1.91. The molecule has 0 saturated carbocycles. The zero-order chi connectivity index (χ0) is 12.7. The highest BCUT2D eigenvalue weighted by atomic mass is 15.2. The van der Waals surface area contributed by atoms with E-state index >= 15 is 0 Å². The van der Waals surface area contributed by atoms with Crippen LogP contribution in [-0.2, 0) is 6.42 Å². The number of hydrogen-bond donors (Lipinski definition) is 1. The first-order valence-electron chi connectivity index (χ1n) is 6.51. The number of aryl methyl sites for hydroxylation is 2. The lowest BCUT2D eigenvalue weighted by Gasteiger charge is -2.22. The van der Waals surface area contributed by atoms with Crippen LogP contribution >= 0.6 is 0 Å². The average molecular weight is 236 g/mol. The second-order valence-electron chi connectivity index (χ2n) is 4.05. The molecule has 0 spiro atoms. The van der Waals surface area contributed by atoms with Crippen LogP contribution in [0.25, 0.3) is 0 Å². The number of aromatic nitrogens is 2. The van der Waals surface area contributed by atoms with Gasteiger partial charge in [0.05, 0.1) is 0 Å². The van der Waals surface area contributed by atoms with Crippen LogP contribution < -0.4 is 10.2 Å². The van der Waals surface area contributed by atoms with Crippen LogP contribution in [0, 0.1) is 6.92 Å². The quantitative estimate of drug-likeness (QED) is 0.733. The fourth-order valence-electron chi connectivity index (χ4n) is 1.78. The number of rotatable bonds is 7. The molecule has 0 aliphatic rings. The molecule has 17 heavy (non-hydrogen) atoms. The Morgan fingerprint density at radius 2 is 2.00 bits per heavy atom. The van der Waals surface area contributed by atoms with Crippen molar-refractivity contribution in [3.05, 3.63) is 17.6 Å². The largest absolute Gasteiger partial charge is 0.356 e. The van der Waals surface area contributed by atoms with Crippen molar-refractivity contribution in [3.63, 3.8) is 0 Å². The molecule has 4 heteroatoms. The summed E-state index contributed by atoms with van der Waals surface area (Å²) in [6.45, 7) is 12.3. The standard InChI is InChI=1S/C13H24N4/c1-5-12-10-13(16-11(4)15-12)17(7-3)9-8-14-6-2/h10,14H,5-9H2,1-4H3. The lowest BCUT2D eigenvalue weighted by Crippen LogP contribution is -2.32. The highest BCUT2D eigenvalue weighted by Crippen LogP contribution is 2.12. The van der Waals surface area contributed by atoms with Crippen molar-refractivity contribution in [1.82, 2.24) is 15.3 Å². The summed E-state index contributed by atoms with van der Waals surface area (Å²) in [6, 6.07) is 2.10. The first-order chi connectivity index (χ1) is 8.21. The fourth-order valence-corrected chi connectivity index (χ4v) is 1.78. The molecule has 1 aromatic heterocycles. The molecular weight excluding hydrogens is 212 g/mol. The van der Waals surface area contributed by atoms with E-state index in [0.29, 0.717) is 0 Å². The van der Waals surface area contributed by atoms with Crippen LogP contribution in [0.3, 0.4) is 0 Å². The molecule has 0 bridgehead atoms. The third kappa shape index (κ3) is 4.30. The van der Waals surface area contributed by atoms with Crippen molar-refractivity contribution in [2.45, 2.75) is 34.1 Å². The summed E-state index contributed by atoms with van der Waals surface area (Å²) in [5, 5.41) is 3.34. The van der Waals surface area contributed by atoms with Gasteiger partial charge >= 0.3 is 0 Å². The van der Waals surface area contributed by atoms with Gasteiger partial charge in [-0.15, -0.1) is 0 Å². The SMILES string of the molecule is CCNCCN(CC)c1cc(CC)nc(C)n1. The van der Waals surface area contributed by atoms with Crippen LogP contribution in [0.5, 0.6) is 0 Å². The van der Waals surface area contributed by atoms with Crippen LogP contribution in [0.2, 0.25) is 0 Å². The minimum atomic E-state index is 0.862. The Morgan fingerprint density at radius 1 is 1.24 bits per heavy atom. The number of nitrogens with zero attached hydrogens (tertiary/aromatic N) is 3. The number of anilines is 1. The van der Waals surface area contributed by atoms with Gasteiger partial charge in [0.25, 0.3) is 0 Å². The van der Waals surface area contributed by atoms with Crippen molar-refractivity contribution >= 4 is 5.82 Å². The third-order valence-corrected chi connectivity index (χ3v) is 2.75. The molecule has 0 unspecified atom stereocenters. The summed E-state index contributed by atoms with van der Waals surface area (Å²) < 4.78 is 0. The molecule has 1 rings (SSSR count). The first kappa shape index (κ1) is 13.9. The summed E-state index contributed by atoms with van der Waals surface area (Å²) in [5.41, 5.74) is 1.12. The van der Waals surface area contributed by atoms with Crippen molar-refractivity contribution in [3.8, 4) is 0 Å². The van der Waals surface area contributed by atoms with Gasteiger partial charge in [0.2, 0.25) is 0 Å².